The minimum atomic E-state index is -3.57. The van der Waals surface area contributed by atoms with Crippen molar-refractivity contribution < 1.29 is 17.6 Å². The Morgan fingerprint density at radius 2 is 2.04 bits per heavy atom. The first kappa shape index (κ1) is 19.2. The monoisotopic (exact) mass is 377 g/mol. The second-order valence-electron chi connectivity index (χ2n) is 6.20. The van der Waals surface area contributed by atoms with Crippen molar-refractivity contribution in [2.45, 2.75) is 37.6 Å². The SMILES string of the molecule is Cc1cc(S(=O)(=O)N2CCCC(N3CCNCC3=O)C2)c(C)o1.Cl. The summed E-state index contributed by atoms with van der Waals surface area (Å²) in [7, 11) is -3.57. The van der Waals surface area contributed by atoms with E-state index in [0.29, 0.717) is 37.7 Å². The van der Waals surface area contributed by atoms with Crippen LogP contribution >= 0.6 is 12.4 Å². The van der Waals surface area contributed by atoms with E-state index in [1.54, 1.807) is 19.9 Å². The van der Waals surface area contributed by atoms with Crippen LogP contribution in [0.1, 0.15) is 24.4 Å². The molecule has 24 heavy (non-hydrogen) atoms. The molecule has 0 aromatic carbocycles. The molecule has 0 spiro atoms. The van der Waals surface area contributed by atoms with Gasteiger partial charge in [0, 0.05) is 32.2 Å². The van der Waals surface area contributed by atoms with Crippen LogP contribution in [0.3, 0.4) is 0 Å². The fourth-order valence-electron chi connectivity index (χ4n) is 3.40. The number of nitrogens with zero attached hydrogens (tertiary/aromatic N) is 2. The molecule has 1 atom stereocenters. The van der Waals surface area contributed by atoms with Crippen LogP contribution in [0.5, 0.6) is 0 Å². The van der Waals surface area contributed by atoms with E-state index in [1.807, 2.05) is 4.90 Å². The van der Waals surface area contributed by atoms with Crippen LogP contribution in [0, 0.1) is 13.8 Å². The molecule has 1 aromatic rings. The number of amides is 1. The van der Waals surface area contributed by atoms with Crippen LogP contribution in [-0.4, -0.2) is 62.3 Å². The Kier molecular flexibility index (Phi) is 5.95. The minimum absolute atomic E-state index is 0. The van der Waals surface area contributed by atoms with Gasteiger partial charge >= 0.3 is 0 Å². The summed E-state index contributed by atoms with van der Waals surface area (Å²) in [6, 6.07) is 1.53. The largest absolute Gasteiger partial charge is 0.465 e. The van der Waals surface area contributed by atoms with Crippen LogP contribution in [0.25, 0.3) is 0 Å². The lowest BCUT2D eigenvalue weighted by atomic mass is 10.1. The van der Waals surface area contributed by atoms with Gasteiger partial charge in [0.25, 0.3) is 0 Å². The van der Waals surface area contributed by atoms with E-state index < -0.39 is 10.0 Å². The lowest BCUT2D eigenvalue weighted by Crippen LogP contribution is -2.57. The molecule has 2 aliphatic heterocycles. The van der Waals surface area contributed by atoms with E-state index in [2.05, 4.69) is 5.32 Å². The number of nitrogens with one attached hydrogen (secondary N) is 1. The van der Waals surface area contributed by atoms with Crippen LogP contribution in [0.2, 0.25) is 0 Å². The Labute approximate surface area is 148 Å². The van der Waals surface area contributed by atoms with E-state index >= 15 is 0 Å². The van der Waals surface area contributed by atoms with Gasteiger partial charge in [-0.05, 0) is 32.8 Å². The van der Waals surface area contributed by atoms with E-state index in [0.717, 1.165) is 19.4 Å². The predicted octanol–water partition coefficient (Wildman–Crippen LogP) is 0.903. The van der Waals surface area contributed by atoms with Crippen LogP contribution in [-0.2, 0) is 14.8 Å². The molecule has 2 saturated heterocycles. The Morgan fingerprint density at radius 3 is 2.67 bits per heavy atom. The number of piperidine rings is 1. The summed E-state index contributed by atoms with van der Waals surface area (Å²) < 4.78 is 32.6. The van der Waals surface area contributed by atoms with E-state index in [1.165, 1.54) is 4.31 Å². The van der Waals surface area contributed by atoms with E-state index in [9.17, 15) is 13.2 Å². The summed E-state index contributed by atoms with van der Waals surface area (Å²) in [6.07, 6.45) is 1.61. The summed E-state index contributed by atoms with van der Waals surface area (Å²) in [6.45, 7) is 5.99. The van der Waals surface area contributed by atoms with Crippen LogP contribution in [0.4, 0.5) is 0 Å². The highest BCUT2D eigenvalue weighted by molar-refractivity contribution is 7.89. The molecule has 1 unspecified atom stereocenters. The van der Waals surface area contributed by atoms with Crippen molar-refractivity contribution in [1.82, 2.24) is 14.5 Å². The van der Waals surface area contributed by atoms with Crippen molar-refractivity contribution in [3.63, 3.8) is 0 Å². The first-order valence-electron chi connectivity index (χ1n) is 7.97. The first-order chi connectivity index (χ1) is 10.9. The summed E-state index contributed by atoms with van der Waals surface area (Å²) in [4.78, 5) is 14.1. The van der Waals surface area contributed by atoms with Crippen molar-refractivity contribution in [3.8, 4) is 0 Å². The summed E-state index contributed by atoms with van der Waals surface area (Å²) in [5, 5.41) is 3.05. The maximum atomic E-state index is 12.9. The molecule has 7 nitrogen and oxygen atoms in total. The van der Waals surface area contributed by atoms with Crippen molar-refractivity contribution in [2.75, 3.05) is 32.7 Å². The average molecular weight is 378 g/mol. The Bertz CT molecular complexity index is 704. The average Bonchev–Trinajstić information content (AvgIpc) is 2.87. The van der Waals surface area contributed by atoms with Gasteiger partial charge in [0.1, 0.15) is 16.4 Å². The number of rotatable bonds is 3. The fourth-order valence-corrected chi connectivity index (χ4v) is 5.14. The van der Waals surface area contributed by atoms with Gasteiger partial charge in [0.05, 0.1) is 6.54 Å². The third-order valence-electron chi connectivity index (χ3n) is 4.54. The van der Waals surface area contributed by atoms with Gasteiger partial charge in [0.2, 0.25) is 15.9 Å². The Morgan fingerprint density at radius 1 is 1.29 bits per heavy atom. The van der Waals surface area contributed by atoms with Gasteiger partial charge in [-0.3, -0.25) is 4.79 Å². The molecule has 136 valence electrons. The zero-order chi connectivity index (χ0) is 16.6. The molecule has 1 N–H and O–H groups in total. The molecule has 1 aromatic heterocycles. The third-order valence-corrected chi connectivity index (χ3v) is 6.51. The molecule has 3 heterocycles. The molecule has 0 aliphatic carbocycles. The van der Waals surface area contributed by atoms with Crippen molar-refractivity contribution in [1.29, 1.82) is 0 Å². The molecular formula is C15H24ClN3O4S. The van der Waals surface area contributed by atoms with Crippen molar-refractivity contribution in [2.24, 2.45) is 0 Å². The van der Waals surface area contributed by atoms with Crippen LogP contribution < -0.4 is 5.32 Å². The summed E-state index contributed by atoms with van der Waals surface area (Å²) in [5.41, 5.74) is 0. The maximum Gasteiger partial charge on any atom is 0.246 e. The quantitative estimate of drug-likeness (QED) is 0.846. The highest BCUT2D eigenvalue weighted by Gasteiger charge is 2.36. The normalized spacial score (nSPS) is 23.2. The van der Waals surface area contributed by atoms with Gasteiger partial charge in [0.15, 0.2) is 0 Å². The second kappa shape index (κ2) is 7.43. The Balaban J connectivity index is 0.00000208. The third kappa shape index (κ3) is 3.61. The van der Waals surface area contributed by atoms with Crippen LogP contribution in [0.15, 0.2) is 15.4 Å². The molecule has 0 bridgehead atoms. The predicted molar refractivity (Wildman–Crippen MR) is 91.8 cm³/mol. The number of hydrogen-bond acceptors (Lipinski definition) is 5. The lowest BCUT2D eigenvalue weighted by Gasteiger charge is -2.40. The molecule has 3 rings (SSSR count). The summed E-state index contributed by atoms with van der Waals surface area (Å²) >= 11 is 0. The molecule has 1 amide bonds. The van der Waals surface area contributed by atoms with Gasteiger partial charge in [-0.1, -0.05) is 0 Å². The summed E-state index contributed by atoms with van der Waals surface area (Å²) in [5.74, 6) is 1.06. The topological polar surface area (TPSA) is 82.9 Å². The number of carbonyl (C=O) groups excluding carboxylic acids is 1. The smallest absolute Gasteiger partial charge is 0.246 e. The van der Waals surface area contributed by atoms with Crippen molar-refractivity contribution in [3.05, 3.63) is 17.6 Å². The van der Waals surface area contributed by atoms with Gasteiger partial charge in [-0.15, -0.1) is 12.4 Å². The molecule has 2 fully saturated rings. The highest BCUT2D eigenvalue weighted by Crippen LogP contribution is 2.27. The number of carbonyl (C=O) groups is 1. The molecule has 2 aliphatic rings. The lowest BCUT2D eigenvalue weighted by molar-refractivity contribution is -0.135. The fraction of sp³-hybridized carbons (Fsp3) is 0.667. The molecular weight excluding hydrogens is 354 g/mol. The number of halogens is 1. The zero-order valence-electron chi connectivity index (χ0n) is 13.9. The maximum absolute atomic E-state index is 12.9. The minimum Gasteiger partial charge on any atom is -0.465 e. The number of piperazine rings is 1. The molecule has 9 heteroatoms. The highest BCUT2D eigenvalue weighted by atomic mass is 35.5. The molecule has 0 saturated carbocycles. The first-order valence-corrected chi connectivity index (χ1v) is 9.41. The molecule has 0 radical (unpaired) electrons. The standard InChI is InChI=1S/C15H23N3O4S.ClH/c1-11-8-14(12(2)22-11)23(20,21)17-6-3-4-13(10-17)18-7-5-16-9-15(18)19;/h8,13,16H,3-7,9-10H2,1-2H3;1H. The van der Waals surface area contributed by atoms with E-state index in [4.69, 9.17) is 4.42 Å². The van der Waals surface area contributed by atoms with Gasteiger partial charge in [-0.2, -0.15) is 4.31 Å². The number of furan rings is 1. The van der Waals surface area contributed by atoms with Gasteiger partial charge < -0.3 is 14.6 Å². The van der Waals surface area contributed by atoms with E-state index in [-0.39, 0.29) is 29.3 Å². The zero-order valence-corrected chi connectivity index (χ0v) is 15.6. The number of sulfonamides is 1. The number of aryl methyl sites for hydroxylation is 2. The number of hydrogen-bond donors (Lipinski definition) is 1. The van der Waals surface area contributed by atoms with Gasteiger partial charge in [-0.25, -0.2) is 8.42 Å². The second-order valence-corrected chi connectivity index (χ2v) is 8.11. The van der Waals surface area contributed by atoms with Crippen molar-refractivity contribution >= 4 is 28.3 Å². The Hall–Kier alpha value is -1.09.